The van der Waals surface area contributed by atoms with Crippen molar-refractivity contribution in [2.24, 2.45) is 5.92 Å². The highest BCUT2D eigenvalue weighted by atomic mass is 19.1. The molecular formula is C16H25FN2. The summed E-state index contributed by atoms with van der Waals surface area (Å²) in [6.45, 7) is 7.17. The number of nitrogens with zero attached hydrogens (tertiary/aromatic N) is 1. The molecule has 0 aromatic heterocycles. The Morgan fingerprint density at radius 3 is 2.89 bits per heavy atom. The molecule has 3 heteroatoms. The number of halogens is 1. The van der Waals surface area contributed by atoms with Crippen LogP contribution in [0.2, 0.25) is 0 Å². The van der Waals surface area contributed by atoms with Gasteiger partial charge in [0.15, 0.2) is 0 Å². The molecule has 1 saturated heterocycles. The first-order valence-electron chi connectivity index (χ1n) is 7.27. The molecule has 19 heavy (non-hydrogen) atoms. The Hall–Kier alpha value is -0.930. The maximum atomic E-state index is 13.9. The van der Waals surface area contributed by atoms with Gasteiger partial charge in [0, 0.05) is 24.7 Å². The van der Waals surface area contributed by atoms with E-state index in [0.29, 0.717) is 12.0 Å². The van der Waals surface area contributed by atoms with Crippen molar-refractivity contribution in [3.8, 4) is 0 Å². The Morgan fingerprint density at radius 1 is 1.37 bits per heavy atom. The number of likely N-dealkylation sites (tertiary alicyclic amines) is 1. The topological polar surface area (TPSA) is 15.3 Å². The normalized spacial score (nSPS) is 24.6. The minimum Gasteiger partial charge on any atom is -0.316 e. The summed E-state index contributed by atoms with van der Waals surface area (Å²) in [6, 6.07) is 6.00. The first kappa shape index (κ1) is 14.5. The Labute approximate surface area is 116 Å². The van der Waals surface area contributed by atoms with Crippen LogP contribution in [0.15, 0.2) is 18.2 Å². The molecule has 0 bridgehead atoms. The quantitative estimate of drug-likeness (QED) is 0.898. The summed E-state index contributed by atoms with van der Waals surface area (Å²) in [5.74, 6) is 0.627. The molecule has 1 N–H and O–H groups in total. The van der Waals surface area contributed by atoms with Crippen molar-refractivity contribution in [1.29, 1.82) is 0 Å². The second kappa shape index (κ2) is 6.49. The van der Waals surface area contributed by atoms with Crippen molar-refractivity contribution in [3.05, 3.63) is 35.1 Å². The zero-order valence-electron chi connectivity index (χ0n) is 12.2. The van der Waals surface area contributed by atoms with Gasteiger partial charge < -0.3 is 5.32 Å². The fourth-order valence-electron chi connectivity index (χ4n) is 2.93. The third-order valence-corrected chi connectivity index (χ3v) is 4.37. The molecule has 0 radical (unpaired) electrons. The number of nitrogens with one attached hydrogen (secondary N) is 1. The third-order valence-electron chi connectivity index (χ3n) is 4.37. The Kier molecular flexibility index (Phi) is 4.94. The van der Waals surface area contributed by atoms with E-state index in [2.05, 4.69) is 24.1 Å². The van der Waals surface area contributed by atoms with Gasteiger partial charge in [0.25, 0.3) is 0 Å². The summed E-state index contributed by atoms with van der Waals surface area (Å²) in [5.41, 5.74) is 1.98. The molecule has 0 spiro atoms. The Bertz CT molecular complexity index is 419. The first-order chi connectivity index (χ1) is 9.11. The summed E-state index contributed by atoms with van der Waals surface area (Å²) in [6.07, 6.45) is 2.52. The average Bonchev–Trinajstić information content (AvgIpc) is 2.39. The molecule has 2 nitrogen and oxygen atoms in total. The predicted octanol–water partition coefficient (Wildman–Crippen LogP) is 3.17. The van der Waals surface area contributed by atoms with Gasteiger partial charge in [-0.1, -0.05) is 19.1 Å². The average molecular weight is 264 g/mol. The molecule has 1 aliphatic rings. The van der Waals surface area contributed by atoms with Gasteiger partial charge in [-0.2, -0.15) is 0 Å². The van der Waals surface area contributed by atoms with Crippen LogP contribution in [-0.4, -0.2) is 24.5 Å². The maximum Gasteiger partial charge on any atom is 0.127 e. The number of hydrogen-bond acceptors (Lipinski definition) is 2. The van der Waals surface area contributed by atoms with Crippen LogP contribution in [0.1, 0.15) is 37.8 Å². The van der Waals surface area contributed by atoms with Gasteiger partial charge in [0.1, 0.15) is 5.82 Å². The highest BCUT2D eigenvalue weighted by Crippen LogP contribution is 2.25. The fraction of sp³-hybridized carbons (Fsp3) is 0.625. The lowest BCUT2D eigenvalue weighted by atomic mass is 9.91. The summed E-state index contributed by atoms with van der Waals surface area (Å²) in [4.78, 5) is 2.41. The van der Waals surface area contributed by atoms with Crippen LogP contribution in [0.3, 0.4) is 0 Å². The van der Waals surface area contributed by atoms with Crippen molar-refractivity contribution in [3.63, 3.8) is 0 Å². The zero-order chi connectivity index (χ0) is 13.8. The van der Waals surface area contributed by atoms with Crippen molar-refractivity contribution in [2.45, 2.75) is 45.8 Å². The van der Waals surface area contributed by atoms with Crippen molar-refractivity contribution in [1.82, 2.24) is 10.2 Å². The second-order valence-electron chi connectivity index (χ2n) is 5.79. The van der Waals surface area contributed by atoms with E-state index in [0.717, 1.165) is 30.8 Å². The second-order valence-corrected chi connectivity index (χ2v) is 5.79. The third kappa shape index (κ3) is 3.54. The number of benzene rings is 1. The number of rotatable bonds is 4. The summed E-state index contributed by atoms with van der Waals surface area (Å²) < 4.78 is 13.9. The van der Waals surface area contributed by atoms with E-state index in [9.17, 15) is 4.39 Å². The molecule has 1 heterocycles. The van der Waals surface area contributed by atoms with Crippen LogP contribution in [0.25, 0.3) is 0 Å². The zero-order valence-corrected chi connectivity index (χ0v) is 12.2. The lowest BCUT2D eigenvalue weighted by Gasteiger charge is -2.38. The first-order valence-corrected chi connectivity index (χ1v) is 7.27. The minimum atomic E-state index is -0.0784. The Balaban J connectivity index is 2.11. The molecular weight excluding hydrogens is 239 g/mol. The smallest absolute Gasteiger partial charge is 0.127 e. The molecule has 2 atom stereocenters. The molecule has 106 valence electrons. The van der Waals surface area contributed by atoms with Gasteiger partial charge >= 0.3 is 0 Å². The number of piperidine rings is 1. The standard InChI is InChI=1S/C16H25FN2/c1-12-5-4-8-19(13(12)2)11-15-9-14(10-18-3)6-7-16(15)17/h6-7,9,12-13,18H,4-5,8,10-11H2,1-3H3. The largest absolute Gasteiger partial charge is 0.316 e. The summed E-state index contributed by atoms with van der Waals surface area (Å²) >= 11 is 0. The summed E-state index contributed by atoms with van der Waals surface area (Å²) in [7, 11) is 1.91. The van der Waals surface area contributed by atoms with Gasteiger partial charge in [0.05, 0.1) is 0 Å². The van der Waals surface area contributed by atoms with Gasteiger partial charge in [-0.15, -0.1) is 0 Å². The molecule has 0 saturated carbocycles. The highest BCUT2D eigenvalue weighted by Gasteiger charge is 2.25. The van der Waals surface area contributed by atoms with E-state index in [-0.39, 0.29) is 5.82 Å². The molecule has 0 aliphatic carbocycles. The van der Waals surface area contributed by atoms with Crippen molar-refractivity contribution < 1.29 is 4.39 Å². The molecule has 2 unspecified atom stereocenters. The molecule has 1 aromatic carbocycles. The van der Waals surface area contributed by atoms with Crippen LogP contribution in [0, 0.1) is 11.7 Å². The fourth-order valence-corrected chi connectivity index (χ4v) is 2.93. The van der Waals surface area contributed by atoms with Gasteiger partial charge in [-0.25, -0.2) is 4.39 Å². The minimum absolute atomic E-state index is 0.0784. The van der Waals surface area contributed by atoms with Crippen molar-refractivity contribution >= 4 is 0 Å². The van der Waals surface area contributed by atoms with E-state index in [1.165, 1.54) is 12.8 Å². The van der Waals surface area contributed by atoms with E-state index >= 15 is 0 Å². The van der Waals surface area contributed by atoms with Gasteiger partial charge in [0.2, 0.25) is 0 Å². The van der Waals surface area contributed by atoms with Gasteiger partial charge in [-0.05, 0) is 50.9 Å². The Morgan fingerprint density at radius 2 is 2.16 bits per heavy atom. The molecule has 1 fully saturated rings. The highest BCUT2D eigenvalue weighted by molar-refractivity contribution is 5.25. The predicted molar refractivity (Wildman–Crippen MR) is 77.4 cm³/mol. The van der Waals surface area contributed by atoms with Crippen LogP contribution < -0.4 is 5.32 Å². The molecule has 0 amide bonds. The van der Waals surface area contributed by atoms with E-state index in [1.807, 2.05) is 19.2 Å². The van der Waals surface area contributed by atoms with Gasteiger partial charge in [-0.3, -0.25) is 4.90 Å². The lowest BCUT2D eigenvalue weighted by Crippen LogP contribution is -2.41. The van der Waals surface area contributed by atoms with E-state index in [1.54, 1.807) is 6.07 Å². The van der Waals surface area contributed by atoms with E-state index in [4.69, 9.17) is 0 Å². The lowest BCUT2D eigenvalue weighted by molar-refractivity contribution is 0.105. The number of hydrogen-bond donors (Lipinski definition) is 1. The molecule has 1 aliphatic heterocycles. The monoisotopic (exact) mass is 264 g/mol. The van der Waals surface area contributed by atoms with Crippen LogP contribution in [-0.2, 0) is 13.1 Å². The molecule has 2 rings (SSSR count). The van der Waals surface area contributed by atoms with E-state index < -0.39 is 0 Å². The summed E-state index contributed by atoms with van der Waals surface area (Å²) in [5, 5.41) is 3.11. The van der Waals surface area contributed by atoms with Crippen molar-refractivity contribution in [2.75, 3.05) is 13.6 Å². The maximum absolute atomic E-state index is 13.9. The van der Waals surface area contributed by atoms with Crippen LogP contribution >= 0.6 is 0 Å². The van der Waals surface area contributed by atoms with Crippen LogP contribution in [0.4, 0.5) is 4.39 Å². The molecule has 1 aromatic rings. The van der Waals surface area contributed by atoms with Crippen LogP contribution in [0.5, 0.6) is 0 Å². The SMILES string of the molecule is CNCc1ccc(F)c(CN2CCCC(C)C2C)c1.